The van der Waals surface area contributed by atoms with E-state index in [1.807, 2.05) is 12.1 Å². The Morgan fingerprint density at radius 3 is 2.26 bits per heavy atom. The molecule has 0 fully saturated rings. The summed E-state index contributed by atoms with van der Waals surface area (Å²) in [4.78, 5) is 2.07. The highest BCUT2D eigenvalue weighted by Crippen LogP contribution is 2.47. The van der Waals surface area contributed by atoms with Crippen LogP contribution in [0.15, 0.2) is 53.4 Å². The van der Waals surface area contributed by atoms with E-state index in [0.29, 0.717) is 36.6 Å². The minimum atomic E-state index is -4.24. The van der Waals surface area contributed by atoms with Gasteiger partial charge in [-0.1, -0.05) is 6.07 Å². The van der Waals surface area contributed by atoms with Crippen LogP contribution in [0.4, 0.5) is 4.39 Å². The first-order chi connectivity index (χ1) is 16.8. The lowest BCUT2D eigenvalue weighted by Gasteiger charge is -2.42. The van der Waals surface area contributed by atoms with Crippen molar-refractivity contribution in [1.82, 2.24) is 4.90 Å². The predicted molar refractivity (Wildman–Crippen MR) is 127 cm³/mol. The van der Waals surface area contributed by atoms with Crippen molar-refractivity contribution in [2.45, 2.75) is 30.3 Å². The smallest absolute Gasteiger partial charge is 0.339 e. The van der Waals surface area contributed by atoms with Crippen LogP contribution in [-0.2, 0) is 29.5 Å². The van der Waals surface area contributed by atoms with Crippen LogP contribution < -0.4 is 18.4 Å². The molecule has 0 N–H and O–H groups in total. The summed E-state index contributed by atoms with van der Waals surface area (Å²) in [5.74, 6) is 1.59. The monoisotopic (exact) mass is 499 g/mol. The molecular weight excluding hydrogens is 473 g/mol. The minimum absolute atomic E-state index is 0.128. The molecule has 5 rings (SSSR count). The number of fused-ring (bicyclic) bond motifs is 4. The van der Waals surface area contributed by atoms with Gasteiger partial charge < -0.3 is 18.4 Å². The fourth-order valence-electron chi connectivity index (χ4n) is 5.04. The Hall–Kier alpha value is -3.30. The number of hydrogen-bond donors (Lipinski definition) is 0. The second-order valence-electron chi connectivity index (χ2n) is 8.57. The van der Waals surface area contributed by atoms with Crippen molar-refractivity contribution in [3.63, 3.8) is 0 Å². The molecule has 184 valence electrons. The average molecular weight is 500 g/mol. The van der Waals surface area contributed by atoms with E-state index < -0.39 is 15.9 Å². The van der Waals surface area contributed by atoms with E-state index >= 15 is 0 Å². The highest BCUT2D eigenvalue weighted by Gasteiger charge is 2.37. The Kier molecular flexibility index (Phi) is 6.06. The fourth-order valence-corrected chi connectivity index (χ4v) is 6.02. The summed E-state index contributed by atoms with van der Waals surface area (Å²) >= 11 is 0. The van der Waals surface area contributed by atoms with Crippen LogP contribution in [0.5, 0.6) is 23.0 Å². The first kappa shape index (κ1) is 23.4. The maximum Gasteiger partial charge on any atom is 0.339 e. The predicted octanol–water partition coefficient (Wildman–Crippen LogP) is 4.27. The van der Waals surface area contributed by atoms with Gasteiger partial charge in [-0.3, -0.25) is 4.90 Å². The van der Waals surface area contributed by atoms with Gasteiger partial charge in [-0.25, -0.2) is 4.39 Å². The van der Waals surface area contributed by atoms with Crippen LogP contribution in [-0.4, -0.2) is 41.2 Å². The zero-order valence-corrected chi connectivity index (χ0v) is 20.5. The second kappa shape index (κ2) is 9.05. The number of halogens is 1. The van der Waals surface area contributed by atoms with Gasteiger partial charge in [0.05, 0.1) is 21.3 Å². The van der Waals surface area contributed by atoms with Crippen LogP contribution in [0.1, 0.15) is 28.3 Å². The molecular formula is C26H26FNO6S. The highest BCUT2D eigenvalue weighted by molar-refractivity contribution is 7.87. The molecule has 7 nitrogen and oxygen atoms in total. The number of hydrogen-bond acceptors (Lipinski definition) is 7. The number of methoxy groups -OCH3 is 3. The third-order valence-corrected chi connectivity index (χ3v) is 7.92. The Labute approximate surface area is 204 Å². The van der Waals surface area contributed by atoms with Crippen molar-refractivity contribution in [2.75, 3.05) is 27.9 Å². The molecule has 0 aromatic heterocycles. The zero-order chi connectivity index (χ0) is 24.7. The fraction of sp³-hybridized carbons (Fsp3) is 0.308. The van der Waals surface area contributed by atoms with Crippen molar-refractivity contribution in [3.05, 3.63) is 76.6 Å². The normalized spacial score (nSPS) is 17.1. The molecule has 9 heteroatoms. The minimum Gasteiger partial charge on any atom is -0.496 e. The Morgan fingerprint density at radius 1 is 0.886 bits per heavy atom. The molecule has 0 aliphatic carbocycles. The third kappa shape index (κ3) is 4.19. The SMILES string of the molecule is COc1cc2c(cc1OC)CN1CCc3c(OC)ccc(OS(=O)(=O)c4cccc(F)c4)c3C1C2. The number of rotatable bonds is 6. The van der Waals surface area contributed by atoms with Crippen molar-refractivity contribution >= 4 is 10.1 Å². The summed E-state index contributed by atoms with van der Waals surface area (Å²) in [6.07, 6.45) is 1.31. The molecule has 0 bridgehead atoms. The van der Waals surface area contributed by atoms with E-state index in [9.17, 15) is 12.8 Å². The molecule has 0 radical (unpaired) electrons. The molecule has 35 heavy (non-hydrogen) atoms. The van der Waals surface area contributed by atoms with Gasteiger partial charge in [0.1, 0.15) is 22.2 Å². The first-order valence-corrected chi connectivity index (χ1v) is 12.6. The van der Waals surface area contributed by atoms with Crippen molar-refractivity contribution in [1.29, 1.82) is 0 Å². The van der Waals surface area contributed by atoms with Crippen LogP contribution in [0.2, 0.25) is 0 Å². The first-order valence-electron chi connectivity index (χ1n) is 11.2. The van der Waals surface area contributed by atoms with Gasteiger partial charge in [-0.05, 0) is 66.4 Å². The maximum atomic E-state index is 13.7. The molecule has 0 amide bonds. The van der Waals surface area contributed by atoms with Crippen molar-refractivity contribution in [3.8, 4) is 23.0 Å². The molecule has 3 aromatic rings. The molecule has 0 spiro atoms. The molecule has 2 aliphatic heterocycles. The summed E-state index contributed by atoms with van der Waals surface area (Å²) < 4.78 is 62.0. The van der Waals surface area contributed by atoms with E-state index in [1.54, 1.807) is 33.5 Å². The van der Waals surface area contributed by atoms with Gasteiger partial charge in [0.2, 0.25) is 0 Å². The van der Waals surface area contributed by atoms with Gasteiger partial charge >= 0.3 is 10.1 Å². The average Bonchev–Trinajstić information content (AvgIpc) is 2.86. The summed E-state index contributed by atoms with van der Waals surface area (Å²) in [6.45, 7) is 1.45. The van der Waals surface area contributed by atoms with Crippen molar-refractivity contribution < 1.29 is 31.2 Å². The van der Waals surface area contributed by atoms with Gasteiger partial charge in [0, 0.05) is 30.3 Å². The van der Waals surface area contributed by atoms with Crippen LogP contribution in [0.25, 0.3) is 0 Å². The van der Waals surface area contributed by atoms with Crippen molar-refractivity contribution in [2.24, 2.45) is 0 Å². The lowest BCUT2D eigenvalue weighted by atomic mass is 9.83. The standard InChI is InChI=1S/C26H26FNO6S/c1-31-22-7-8-23(34-35(29,30)19-6-4-5-18(27)14-19)26-20(22)9-10-28-15-17-13-25(33-3)24(32-2)12-16(17)11-21(26)28/h4-8,12-14,21H,9-11,15H2,1-3H3. The van der Waals surface area contributed by atoms with Gasteiger partial charge in [-0.15, -0.1) is 0 Å². The lowest BCUT2D eigenvalue weighted by molar-refractivity contribution is 0.157. The molecule has 2 aliphatic rings. The number of ether oxygens (including phenoxy) is 3. The van der Waals surface area contributed by atoms with Gasteiger partial charge in [0.25, 0.3) is 0 Å². The Bertz CT molecular complexity index is 1390. The zero-order valence-electron chi connectivity index (χ0n) is 19.7. The van der Waals surface area contributed by atoms with E-state index in [1.165, 1.54) is 18.2 Å². The van der Waals surface area contributed by atoms with E-state index in [4.69, 9.17) is 18.4 Å². The molecule has 2 heterocycles. The summed E-state index contributed by atoms with van der Waals surface area (Å²) in [7, 11) is 0.567. The Morgan fingerprint density at radius 2 is 1.57 bits per heavy atom. The van der Waals surface area contributed by atoms with Gasteiger partial charge in [0.15, 0.2) is 11.5 Å². The van der Waals surface area contributed by atoms with Crippen LogP contribution in [0, 0.1) is 5.82 Å². The third-order valence-electron chi connectivity index (χ3n) is 6.69. The maximum absolute atomic E-state index is 13.7. The molecule has 1 atom stereocenters. The number of nitrogens with zero attached hydrogens (tertiary/aromatic N) is 1. The lowest BCUT2D eigenvalue weighted by Crippen LogP contribution is -2.39. The largest absolute Gasteiger partial charge is 0.496 e. The van der Waals surface area contributed by atoms with E-state index in [0.717, 1.165) is 34.9 Å². The van der Waals surface area contributed by atoms with E-state index in [-0.39, 0.29) is 16.7 Å². The molecule has 3 aromatic carbocycles. The van der Waals surface area contributed by atoms with Crippen LogP contribution >= 0.6 is 0 Å². The highest BCUT2D eigenvalue weighted by atomic mass is 32.2. The summed E-state index contributed by atoms with van der Waals surface area (Å²) in [5, 5.41) is 0. The molecule has 0 saturated carbocycles. The molecule has 1 unspecified atom stereocenters. The molecule has 0 saturated heterocycles. The summed E-state index contributed by atoms with van der Waals surface area (Å²) in [6, 6.07) is 12.0. The number of benzene rings is 3. The Balaban J connectivity index is 1.59. The summed E-state index contributed by atoms with van der Waals surface area (Å²) in [5.41, 5.74) is 3.93. The van der Waals surface area contributed by atoms with E-state index in [2.05, 4.69) is 4.90 Å². The van der Waals surface area contributed by atoms with Gasteiger partial charge in [-0.2, -0.15) is 8.42 Å². The van der Waals surface area contributed by atoms with Crippen LogP contribution in [0.3, 0.4) is 0 Å². The topological polar surface area (TPSA) is 74.3 Å². The second-order valence-corrected chi connectivity index (χ2v) is 10.1. The quantitative estimate of drug-likeness (QED) is 0.469.